The third-order valence-corrected chi connectivity index (χ3v) is 1.13. The van der Waals surface area contributed by atoms with E-state index in [1.807, 2.05) is 0 Å². The summed E-state index contributed by atoms with van der Waals surface area (Å²) in [6, 6.07) is 0. The molecule has 0 aliphatic rings. The molecule has 2 N–H and O–H groups in total. The average molecular weight is 161 g/mol. The number of aliphatic hydroxyl groups excluding tert-OH is 1. The molecular formula is C7H15NO3. The standard InChI is InChI=1S/C7H15NO3/c1-6(9)5-8-7(10)3-4-11-2/h6,9H,3-5H2,1-2H3,(H,8,10). The first-order valence-corrected chi connectivity index (χ1v) is 3.60. The maximum atomic E-state index is 10.8. The van der Waals surface area contributed by atoms with Crippen LogP contribution in [-0.4, -0.2) is 37.4 Å². The fraction of sp³-hybridized carbons (Fsp3) is 0.857. The van der Waals surface area contributed by atoms with Crippen LogP contribution in [0.4, 0.5) is 0 Å². The molecule has 0 aromatic rings. The quantitative estimate of drug-likeness (QED) is 0.572. The Morgan fingerprint density at radius 3 is 2.82 bits per heavy atom. The fourth-order valence-electron chi connectivity index (χ4n) is 0.545. The highest BCUT2D eigenvalue weighted by atomic mass is 16.5. The Kier molecular flexibility index (Phi) is 5.78. The van der Waals surface area contributed by atoms with Crippen LogP contribution in [0.1, 0.15) is 13.3 Å². The molecule has 4 nitrogen and oxygen atoms in total. The second-order valence-corrected chi connectivity index (χ2v) is 2.40. The summed E-state index contributed by atoms with van der Waals surface area (Å²) in [7, 11) is 1.54. The molecule has 66 valence electrons. The molecule has 0 spiro atoms. The number of hydrogen-bond acceptors (Lipinski definition) is 3. The van der Waals surface area contributed by atoms with E-state index in [0.717, 1.165) is 0 Å². The maximum absolute atomic E-state index is 10.8. The molecular weight excluding hydrogens is 146 g/mol. The Labute approximate surface area is 66.5 Å². The highest BCUT2D eigenvalue weighted by Gasteiger charge is 2.01. The fourth-order valence-corrected chi connectivity index (χ4v) is 0.545. The zero-order valence-electron chi connectivity index (χ0n) is 6.96. The summed E-state index contributed by atoms with van der Waals surface area (Å²) in [5.74, 6) is -0.0900. The van der Waals surface area contributed by atoms with Gasteiger partial charge in [0.15, 0.2) is 0 Å². The first-order chi connectivity index (χ1) is 5.16. The highest BCUT2D eigenvalue weighted by Crippen LogP contribution is 1.81. The lowest BCUT2D eigenvalue weighted by Gasteiger charge is -2.05. The molecule has 0 rings (SSSR count). The molecule has 0 fully saturated rings. The summed E-state index contributed by atoms with van der Waals surface area (Å²) in [5.41, 5.74) is 0. The molecule has 0 saturated carbocycles. The third-order valence-electron chi connectivity index (χ3n) is 1.13. The van der Waals surface area contributed by atoms with Gasteiger partial charge in [-0.25, -0.2) is 0 Å². The minimum absolute atomic E-state index is 0.0900. The average Bonchev–Trinajstić information content (AvgIpc) is 1.97. The van der Waals surface area contributed by atoms with E-state index in [1.54, 1.807) is 14.0 Å². The van der Waals surface area contributed by atoms with Gasteiger partial charge in [-0.3, -0.25) is 4.79 Å². The molecule has 1 amide bonds. The van der Waals surface area contributed by atoms with E-state index < -0.39 is 6.10 Å². The van der Waals surface area contributed by atoms with Gasteiger partial charge in [0.05, 0.1) is 12.7 Å². The van der Waals surface area contributed by atoms with Crippen molar-refractivity contribution >= 4 is 5.91 Å². The minimum Gasteiger partial charge on any atom is -0.392 e. The summed E-state index contributed by atoms with van der Waals surface area (Å²) < 4.78 is 4.70. The summed E-state index contributed by atoms with van der Waals surface area (Å²) in [5, 5.41) is 11.3. The van der Waals surface area contributed by atoms with Crippen molar-refractivity contribution in [3.05, 3.63) is 0 Å². The lowest BCUT2D eigenvalue weighted by atomic mass is 10.3. The van der Waals surface area contributed by atoms with Crippen molar-refractivity contribution in [3.63, 3.8) is 0 Å². The molecule has 0 saturated heterocycles. The number of aliphatic hydroxyl groups is 1. The van der Waals surface area contributed by atoms with E-state index in [1.165, 1.54) is 0 Å². The summed E-state index contributed by atoms with van der Waals surface area (Å²) in [4.78, 5) is 10.8. The van der Waals surface area contributed by atoms with Crippen LogP contribution in [0.3, 0.4) is 0 Å². The molecule has 11 heavy (non-hydrogen) atoms. The summed E-state index contributed by atoms with van der Waals surface area (Å²) in [6.45, 7) is 2.35. The number of carbonyl (C=O) groups is 1. The van der Waals surface area contributed by atoms with Gasteiger partial charge >= 0.3 is 0 Å². The van der Waals surface area contributed by atoms with E-state index in [2.05, 4.69) is 5.32 Å². The lowest BCUT2D eigenvalue weighted by Crippen LogP contribution is -2.30. The second-order valence-electron chi connectivity index (χ2n) is 2.40. The molecule has 0 aliphatic carbocycles. The number of methoxy groups -OCH3 is 1. The number of nitrogens with one attached hydrogen (secondary N) is 1. The molecule has 0 heterocycles. The van der Waals surface area contributed by atoms with Gasteiger partial charge in [-0.1, -0.05) is 0 Å². The molecule has 1 atom stereocenters. The van der Waals surface area contributed by atoms with Crippen LogP contribution in [-0.2, 0) is 9.53 Å². The molecule has 0 aromatic carbocycles. The van der Waals surface area contributed by atoms with Crippen LogP contribution >= 0.6 is 0 Å². The second kappa shape index (κ2) is 6.12. The molecule has 0 aliphatic heterocycles. The van der Waals surface area contributed by atoms with Gasteiger partial charge in [0.1, 0.15) is 0 Å². The van der Waals surface area contributed by atoms with Crippen molar-refractivity contribution in [1.82, 2.24) is 5.32 Å². The van der Waals surface area contributed by atoms with E-state index in [4.69, 9.17) is 9.84 Å². The van der Waals surface area contributed by atoms with Crippen molar-refractivity contribution in [2.45, 2.75) is 19.4 Å². The minimum atomic E-state index is -0.485. The van der Waals surface area contributed by atoms with Gasteiger partial charge in [0.2, 0.25) is 5.91 Å². The van der Waals surface area contributed by atoms with Crippen molar-refractivity contribution < 1.29 is 14.6 Å². The van der Waals surface area contributed by atoms with E-state index in [0.29, 0.717) is 19.6 Å². The van der Waals surface area contributed by atoms with Crippen LogP contribution in [0.15, 0.2) is 0 Å². The van der Waals surface area contributed by atoms with Crippen LogP contribution in [0.2, 0.25) is 0 Å². The predicted octanol–water partition coefficient (Wildman–Crippen LogP) is -0.480. The van der Waals surface area contributed by atoms with Crippen molar-refractivity contribution in [3.8, 4) is 0 Å². The third kappa shape index (κ3) is 7.29. The zero-order valence-corrected chi connectivity index (χ0v) is 6.96. The summed E-state index contributed by atoms with van der Waals surface area (Å²) in [6.07, 6.45) is -0.134. The van der Waals surface area contributed by atoms with E-state index in [-0.39, 0.29) is 5.91 Å². The van der Waals surface area contributed by atoms with Gasteiger partial charge < -0.3 is 15.2 Å². The zero-order chi connectivity index (χ0) is 8.69. The van der Waals surface area contributed by atoms with Gasteiger partial charge in [-0.2, -0.15) is 0 Å². The Bertz CT molecular complexity index is 114. The normalized spacial score (nSPS) is 12.6. The van der Waals surface area contributed by atoms with Crippen LogP contribution < -0.4 is 5.32 Å². The van der Waals surface area contributed by atoms with Gasteiger partial charge in [0.25, 0.3) is 0 Å². The van der Waals surface area contributed by atoms with E-state index >= 15 is 0 Å². The number of hydrogen-bond donors (Lipinski definition) is 2. The number of carbonyl (C=O) groups excluding carboxylic acids is 1. The lowest BCUT2D eigenvalue weighted by molar-refractivity contribution is -0.122. The highest BCUT2D eigenvalue weighted by molar-refractivity contribution is 5.75. The SMILES string of the molecule is COCCC(=O)NCC(C)O. The first-order valence-electron chi connectivity index (χ1n) is 3.60. The van der Waals surface area contributed by atoms with Crippen molar-refractivity contribution in [2.24, 2.45) is 0 Å². The number of rotatable bonds is 5. The van der Waals surface area contributed by atoms with Gasteiger partial charge in [-0.15, -0.1) is 0 Å². The predicted molar refractivity (Wildman–Crippen MR) is 41.2 cm³/mol. The molecule has 0 bridgehead atoms. The van der Waals surface area contributed by atoms with E-state index in [9.17, 15) is 4.79 Å². The maximum Gasteiger partial charge on any atom is 0.222 e. The smallest absolute Gasteiger partial charge is 0.222 e. The van der Waals surface area contributed by atoms with Crippen LogP contribution in [0.25, 0.3) is 0 Å². The molecule has 4 heteroatoms. The molecule has 0 radical (unpaired) electrons. The van der Waals surface area contributed by atoms with Crippen molar-refractivity contribution in [2.75, 3.05) is 20.3 Å². The van der Waals surface area contributed by atoms with Crippen LogP contribution in [0, 0.1) is 0 Å². The van der Waals surface area contributed by atoms with Gasteiger partial charge in [0, 0.05) is 20.1 Å². The number of amides is 1. The monoisotopic (exact) mass is 161 g/mol. The Balaban J connectivity index is 3.23. The Morgan fingerprint density at radius 1 is 1.73 bits per heavy atom. The first kappa shape index (κ1) is 10.4. The summed E-state index contributed by atoms with van der Waals surface area (Å²) >= 11 is 0. The molecule has 1 unspecified atom stereocenters. The topological polar surface area (TPSA) is 58.6 Å². The van der Waals surface area contributed by atoms with Crippen molar-refractivity contribution in [1.29, 1.82) is 0 Å². The Morgan fingerprint density at radius 2 is 2.36 bits per heavy atom. The van der Waals surface area contributed by atoms with Crippen LogP contribution in [0.5, 0.6) is 0 Å². The number of ether oxygens (including phenoxy) is 1. The molecule has 0 aromatic heterocycles. The largest absolute Gasteiger partial charge is 0.392 e. The Hall–Kier alpha value is -0.610. The van der Waals surface area contributed by atoms with Gasteiger partial charge in [-0.05, 0) is 6.92 Å².